The van der Waals surface area contributed by atoms with Gasteiger partial charge in [-0.15, -0.1) is 0 Å². The Morgan fingerprint density at radius 1 is 0.784 bits per heavy atom. The van der Waals surface area contributed by atoms with Crippen LogP contribution in [-0.4, -0.2) is 8.07 Å². The van der Waals surface area contributed by atoms with Crippen LogP contribution >= 0.6 is 17.0 Å². The maximum absolute atomic E-state index is 4.93. The Kier molecular flexibility index (Phi) is 14.5. The Hall–Kier alpha value is 0.900. The first-order valence-electron chi connectivity index (χ1n) is 14.9. The summed E-state index contributed by atoms with van der Waals surface area (Å²) in [4.78, 5) is 0. The fraction of sp³-hybridized carbons (Fsp3) is 0.758. The van der Waals surface area contributed by atoms with E-state index in [1.54, 1.807) is 44.1 Å². The topological polar surface area (TPSA) is 0 Å². The summed E-state index contributed by atoms with van der Waals surface area (Å²) in [5, 5.41) is 0. The van der Waals surface area contributed by atoms with Gasteiger partial charge in [0.15, 0.2) is 0 Å². The first-order valence-corrected chi connectivity index (χ1v) is 24.4. The van der Waals surface area contributed by atoms with Gasteiger partial charge in [0, 0.05) is 0 Å². The van der Waals surface area contributed by atoms with E-state index < -0.39 is 28.9 Å². The van der Waals surface area contributed by atoms with E-state index in [9.17, 15) is 0 Å². The van der Waals surface area contributed by atoms with E-state index in [0.29, 0.717) is 0 Å². The van der Waals surface area contributed by atoms with E-state index in [-0.39, 0.29) is 14.9 Å². The van der Waals surface area contributed by atoms with E-state index in [1.165, 1.54) is 38.5 Å². The second kappa shape index (κ2) is 15.8. The van der Waals surface area contributed by atoms with Crippen molar-refractivity contribution in [2.45, 2.75) is 121 Å². The van der Waals surface area contributed by atoms with Gasteiger partial charge in [-0.2, -0.15) is 0 Å². The van der Waals surface area contributed by atoms with E-state index in [4.69, 9.17) is 17.0 Å². The molecule has 0 spiro atoms. The molecule has 0 amide bonds. The Labute approximate surface area is 251 Å². The van der Waals surface area contributed by atoms with Crippen molar-refractivity contribution in [3.63, 3.8) is 0 Å². The van der Waals surface area contributed by atoms with Crippen LogP contribution in [0.15, 0.2) is 30.3 Å². The van der Waals surface area contributed by atoms with Gasteiger partial charge in [0.25, 0.3) is 0 Å². The molecule has 210 valence electrons. The Morgan fingerprint density at radius 2 is 1.22 bits per heavy atom. The molecule has 5 rings (SSSR count). The van der Waals surface area contributed by atoms with Crippen LogP contribution in [-0.2, 0) is 20.8 Å². The Morgan fingerprint density at radius 3 is 1.70 bits per heavy atom. The van der Waals surface area contributed by atoms with Gasteiger partial charge in [0.1, 0.15) is 0 Å². The van der Waals surface area contributed by atoms with Gasteiger partial charge in [0.05, 0.1) is 8.07 Å². The molecule has 4 heteroatoms. The first kappa shape index (κ1) is 34.1. The van der Waals surface area contributed by atoms with Gasteiger partial charge in [-0.25, -0.2) is 0 Å². The summed E-state index contributed by atoms with van der Waals surface area (Å²) in [5.41, 5.74) is 3.83. The molecule has 1 aromatic carbocycles. The zero-order valence-electron chi connectivity index (χ0n) is 24.8. The van der Waals surface area contributed by atoms with Gasteiger partial charge in [-0.1, -0.05) is 102 Å². The van der Waals surface area contributed by atoms with Crippen LogP contribution in [0.2, 0.25) is 24.2 Å². The van der Waals surface area contributed by atoms with Crippen LogP contribution in [0.1, 0.15) is 102 Å². The fourth-order valence-electron chi connectivity index (χ4n) is 10.00. The van der Waals surface area contributed by atoms with Crippen LogP contribution in [0.4, 0.5) is 0 Å². The van der Waals surface area contributed by atoms with Crippen molar-refractivity contribution in [1.29, 1.82) is 0 Å². The average Bonchev–Trinajstić information content (AvgIpc) is 3.45. The average molecular weight is 643 g/mol. The quantitative estimate of drug-likeness (QED) is 0.214. The number of hydrogen-bond acceptors (Lipinski definition) is 0. The summed E-state index contributed by atoms with van der Waals surface area (Å²) in [6, 6.07) is 11.4. The van der Waals surface area contributed by atoms with Gasteiger partial charge in [-0.3, -0.25) is 0 Å². The predicted molar refractivity (Wildman–Crippen MR) is 166 cm³/mol. The van der Waals surface area contributed by atoms with Gasteiger partial charge >= 0.3 is 37.9 Å². The van der Waals surface area contributed by atoms with Crippen LogP contribution in [0.3, 0.4) is 0 Å². The molecule has 4 aliphatic rings. The minimum atomic E-state index is -1.28. The molecule has 0 N–H and O–H groups in total. The summed E-state index contributed by atoms with van der Waals surface area (Å²) in [6.45, 7) is 10.8. The van der Waals surface area contributed by atoms with Crippen molar-refractivity contribution in [1.82, 2.24) is 0 Å². The number of hydrogen-bond donors (Lipinski definition) is 0. The number of fused-ring (bicyclic) bond motifs is 2. The van der Waals surface area contributed by atoms with Crippen LogP contribution in [0.5, 0.6) is 0 Å². The second-order valence-corrected chi connectivity index (χ2v) is 22.1. The fourth-order valence-corrected chi connectivity index (χ4v) is 15.4. The predicted octanol–water partition coefficient (Wildman–Crippen LogP) is 12.0. The third kappa shape index (κ3) is 7.60. The van der Waals surface area contributed by atoms with Gasteiger partial charge in [-0.05, 0) is 90.2 Å². The molecule has 4 fully saturated rings. The molecule has 0 bridgehead atoms. The molecule has 4 saturated carbocycles. The first-order chi connectivity index (χ1) is 16.9. The van der Waals surface area contributed by atoms with E-state index in [0.717, 1.165) is 52.5 Å². The second-order valence-electron chi connectivity index (χ2n) is 13.3. The molecule has 0 aliphatic heterocycles. The van der Waals surface area contributed by atoms with E-state index >= 15 is 0 Å². The van der Waals surface area contributed by atoms with Gasteiger partial charge in [0.2, 0.25) is 0 Å². The molecule has 0 aromatic heterocycles. The molecule has 9 atom stereocenters. The van der Waals surface area contributed by atoms with Crippen molar-refractivity contribution in [3.8, 4) is 0 Å². The third-order valence-electron chi connectivity index (χ3n) is 11.6. The summed E-state index contributed by atoms with van der Waals surface area (Å²) in [7, 11) is 8.58. The number of rotatable bonds is 6. The van der Waals surface area contributed by atoms with Crippen LogP contribution < -0.4 is 0 Å². The number of benzene rings is 1. The van der Waals surface area contributed by atoms with Crippen LogP contribution in [0.25, 0.3) is 0 Å². The van der Waals surface area contributed by atoms with E-state index in [2.05, 4.69) is 57.3 Å². The molecule has 9 unspecified atom stereocenters. The van der Waals surface area contributed by atoms with Gasteiger partial charge < -0.3 is 14.9 Å². The standard InChI is InChI=1S/C31H50Si.2CH3.2ClH.Zr/c1-5-23-20-30(28-17-11-9-15-26(23)28)32(3,4)31-21-25(27-16-10-12-18-29(27)31)19-22(2)24-13-7-6-8-14-24;;;;;/h6-8,13-14,22-23,25-31H,5,9-12,15-21H2,1-4H3;2*1H3;2*1H;/q;2*-1;;;+4/p-2. The van der Waals surface area contributed by atoms with E-state index in [1.807, 2.05) is 0 Å². The molecule has 1 aromatic rings. The zero-order chi connectivity index (χ0) is 25.0. The summed E-state index contributed by atoms with van der Waals surface area (Å²) in [6.07, 6.45) is 18.5. The number of halogens is 2. The third-order valence-corrected chi connectivity index (χ3v) is 16.7. The summed E-state index contributed by atoms with van der Waals surface area (Å²) >= 11 is -0.826. The summed E-state index contributed by atoms with van der Waals surface area (Å²) < 4.78 is 0. The molecule has 0 saturated heterocycles. The normalized spacial score (nSPS) is 35.4. The zero-order valence-corrected chi connectivity index (χ0v) is 29.8. The molecule has 0 nitrogen and oxygen atoms in total. The monoisotopic (exact) mass is 640 g/mol. The molecule has 4 aliphatic carbocycles. The Balaban J connectivity index is 0.000000919. The van der Waals surface area contributed by atoms with Crippen molar-refractivity contribution in [2.24, 2.45) is 35.5 Å². The van der Waals surface area contributed by atoms with Crippen LogP contribution in [0, 0.1) is 50.4 Å². The van der Waals surface area contributed by atoms with Crippen molar-refractivity contribution in [3.05, 3.63) is 50.7 Å². The molecular formula is C33H56Cl2SiZr. The maximum atomic E-state index is 4.93. The summed E-state index contributed by atoms with van der Waals surface area (Å²) in [5.74, 6) is 7.14. The molecule has 0 heterocycles. The van der Waals surface area contributed by atoms with Crippen molar-refractivity contribution in [2.75, 3.05) is 0 Å². The van der Waals surface area contributed by atoms with Crippen molar-refractivity contribution < 1.29 is 20.8 Å². The molecule has 37 heavy (non-hydrogen) atoms. The SMILES string of the molecule is CCC1CC([Si](C)(C)C2CC(CC(C)c3ccccc3)C3CCCCC32)C2CCCCC12.[CH3-].[CH3-].[Cl][Zr+2][Cl]. The molecular weight excluding hydrogens is 587 g/mol. The van der Waals surface area contributed by atoms with Crippen molar-refractivity contribution >= 4 is 25.1 Å². The minimum absolute atomic E-state index is 0. The Bertz CT molecular complexity index is 771. The molecule has 0 radical (unpaired) electrons.